The quantitative estimate of drug-likeness (QED) is 0.909. The molecule has 0 saturated carbocycles. The number of aromatic nitrogens is 1. The number of nitrogens with zero attached hydrogens (tertiary/aromatic N) is 2. The van der Waals surface area contributed by atoms with Crippen LogP contribution in [0.2, 0.25) is 0 Å². The number of halogens is 1. The normalized spacial score (nSPS) is 10.1. The van der Waals surface area contributed by atoms with Gasteiger partial charge in [0.1, 0.15) is 17.6 Å². The molecule has 1 aromatic carbocycles. The first-order chi connectivity index (χ1) is 9.72. The third-order valence-corrected chi connectivity index (χ3v) is 3.08. The molecule has 1 heterocycles. The van der Waals surface area contributed by atoms with Gasteiger partial charge in [-0.3, -0.25) is 4.98 Å². The van der Waals surface area contributed by atoms with Gasteiger partial charge in [-0.05, 0) is 46.2 Å². The van der Waals surface area contributed by atoms with Gasteiger partial charge in [-0.2, -0.15) is 5.26 Å². The fraction of sp³-hybridized carbons (Fsp3) is 0.200. The number of rotatable bonds is 5. The smallest absolute Gasteiger partial charge is 0.146 e. The molecule has 5 heteroatoms. The number of ether oxygens (including phenoxy) is 1. The number of hydrogen-bond donors (Lipinski definition) is 1. The largest absolute Gasteiger partial charge is 0.454 e. The first-order valence-corrected chi connectivity index (χ1v) is 7.04. The molecule has 0 bridgehead atoms. The second-order valence-corrected chi connectivity index (χ2v) is 5.08. The van der Waals surface area contributed by atoms with E-state index in [9.17, 15) is 5.26 Å². The lowest BCUT2D eigenvalue weighted by Crippen LogP contribution is -2.11. The maximum atomic E-state index is 9.23. The van der Waals surface area contributed by atoms with Crippen molar-refractivity contribution >= 4 is 15.9 Å². The molecule has 0 fully saturated rings. The maximum absolute atomic E-state index is 9.23. The van der Waals surface area contributed by atoms with Crippen molar-refractivity contribution in [1.82, 2.24) is 10.3 Å². The predicted molar refractivity (Wildman–Crippen MR) is 80.5 cm³/mol. The lowest BCUT2D eigenvalue weighted by Gasteiger charge is -2.09. The highest BCUT2D eigenvalue weighted by molar-refractivity contribution is 9.10. The van der Waals surface area contributed by atoms with E-state index in [0.717, 1.165) is 23.1 Å². The summed E-state index contributed by atoms with van der Waals surface area (Å²) < 4.78 is 6.54. The van der Waals surface area contributed by atoms with Crippen molar-refractivity contribution in [2.24, 2.45) is 0 Å². The Kier molecular flexibility index (Phi) is 5.10. The van der Waals surface area contributed by atoms with Crippen molar-refractivity contribution in [2.45, 2.75) is 13.5 Å². The fourth-order valence-corrected chi connectivity index (χ4v) is 2.05. The van der Waals surface area contributed by atoms with Crippen LogP contribution in [-0.2, 0) is 6.54 Å². The van der Waals surface area contributed by atoms with E-state index in [1.165, 1.54) is 0 Å². The minimum absolute atomic E-state index is 0.514. The van der Waals surface area contributed by atoms with Crippen molar-refractivity contribution in [3.05, 3.63) is 52.3 Å². The van der Waals surface area contributed by atoms with Crippen molar-refractivity contribution < 1.29 is 4.74 Å². The number of benzene rings is 1. The third kappa shape index (κ3) is 3.80. The molecule has 102 valence electrons. The molecule has 0 aliphatic heterocycles. The Morgan fingerprint density at radius 2 is 2.20 bits per heavy atom. The molecule has 0 radical (unpaired) electrons. The average molecular weight is 332 g/mol. The molecule has 20 heavy (non-hydrogen) atoms. The zero-order valence-corrected chi connectivity index (χ0v) is 12.6. The van der Waals surface area contributed by atoms with E-state index in [0.29, 0.717) is 17.1 Å². The molecule has 1 N–H and O–H groups in total. The van der Waals surface area contributed by atoms with Gasteiger partial charge in [-0.1, -0.05) is 13.0 Å². The molecule has 0 aliphatic carbocycles. The Labute approximate surface area is 126 Å². The van der Waals surface area contributed by atoms with E-state index in [-0.39, 0.29) is 0 Å². The lowest BCUT2D eigenvalue weighted by atomic mass is 10.1. The van der Waals surface area contributed by atoms with Gasteiger partial charge < -0.3 is 10.1 Å². The lowest BCUT2D eigenvalue weighted by molar-refractivity contribution is 0.478. The summed E-state index contributed by atoms with van der Waals surface area (Å²) >= 11 is 3.34. The molecule has 4 nitrogen and oxygen atoms in total. The number of hydrogen-bond acceptors (Lipinski definition) is 4. The van der Waals surface area contributed by atoms with Gasteiger partial charge in [0.2, 0.25) is 0 Å². The molecule has 0 atom stereocenters. The van der Waals surface area contributed by atoms with Crippen molar-refractivity contribution in [3.63, 3.8) is 0 Å². The van der Waals surface area contributed by atoms with Crippen LogP contribution in [0.15, 0.2) is 41.1 Å². The highest BCUT2D eigenvalue weighted by atomic mass is 79.9. The van der Waals surface area contributed by atoms with Gasteiger partial charge in [0.15, 0.2) is 0 Å². The molecule has 2 rings (SSSR count). The summed E-state index contributed by atoms with van der Waals surface area (Å²) in [6.07, 6.45) is 3.29. The van der Waals surface area contributed by atoms with Crippen LogP contribution in [0, 0.1) is 11.3 Å². The summed E-state index contributed by atoms with van der Waals surface area (Å²) in [5.41, 5.74) is 1.57. The zero-order chi connectivity index (χ0) is 14.4. The highest BCUT2D eigenvalue weighted by Gasteiger charge is 2.06. The van der Waals surface area contributed by atoms with Gasteiger partial charge in [0.25, 0.3) is 0 Å². The molecule has 0 aliphatic rings. The third-order valence-electron chi connectivity index (χ3n) is 2.65. The van der Waals surface area contributed by atoms with Crippen LogP contribution >= 0.6 is 15.9 Å². The van der Waals surface area contributed by atoms with Crippen LogP contribution in [0.25, 0.3) is 0 Å². The second kappa shape index (κ2) is 7.04. The number of nitrogens with one attached hydrogen (secondary N) is 1. The number of nitriles is 1. The standard InChI is InChI=1S/C15H14BrN3O/c1-2-18-8-11-3-4-15(12(5-11)7-17)20-14-6-13(16)9-19-10-14/h3-6,9-10,18H,2,8H2,1H3. The molecular formula is C15H14BrN3O. The minimum atomic E-state index is 0.514. The Bertz CT molecular complexity index is 637. The highest BCUT2D eigenvalue weighted by Crippen LogP contribution is 2.27. The van der Waals surface area contributed by atoms with Crippen molar-refractivity contribution in [2.75, 3.05) is 6.54 Å². The van der Waals surface area contributed by atoms with E-state index in [1.54, 1.807) is 18.5 Å². The van der Waals surface area contributed by atoms with E-state index < -0.39 is 0 Å². The summed E-state index contributed by atoms with van der Waals surface area (Å²) in [5, 5.41) is 12.5. The van der Waals surface area contributed by atoms with Gasteiger partial charge in [0, 0.05) is 17.2 Å². The molecule has 0 spiro atoms. The number of pyridine rings is 1. The van der Waals surface area contributed by atoms with E-state index in [1.807, 2.05) is 25.1 Å². The van der Waals surface area contributed by atoms with E-state index >= 15 is 0 Å². The van der Waals surface area contributed by atoms with E-state index in [2.05, 4.69) is 32.3 Å². The topological polar surface area (TPSA) is 57.9 Å². The van der Waals surface area contributed by atoms with Gasteiger partial charge in [0.05, 0.1) is 11.8 Å². The SMILES string of the molecule is CCNCc1ccc(Oc2cncc(Br)c2)c(C#N)c1. The Morgan fingerprint density at radius 3 is 2.90 bits per heavy atom. The van der Waals surface area contributed by atoms with E-state index in [4.69, 9.17) is 4.74 Å². The minimum Gasteiger partial charge on any atom is -0.454 e. The first kappa shape index (κ1) is 14.5. The van der Waals surface area contributed by atoms with Gasteiger partial charge in [-0.25, -0.2) is 0 Å². The predicted octanol–water partition coefficient (Wildman–Crippen LogP) is 3.62. The van der Waals surface area contributed by atoms with Crippen molar-refractivity contribution in [1.29, 1.82) is 5.26 Å². The summed E-state index contributed by atoms with van der Waals surface area (Å²) in [7, 11) is 0. The Hall–Kier alpha value is -1.90. The van der Waals surface area contributed by atoms with Crippen LogP contribution in [0.5, 0.6) is 11.5 Å². The zero-order valence-electron chi connectivity index (χ0n) is 11.1. The summed E-state index contributed by atoms with van der Waals surface area (Å²) in [6, 6.07) is 9.57. The van der Waals surface area contributed by atoms with Crippen molar-refractivity contribution in [3.8, 4) is 17.6 Å². The van der Waals surface area contributed by atoms with Crippen LogP contribution < -0.4 is 10.1 Å². The fourth-order valence-electron chi connectivity index (χ4n) is 1.71. The monoisotopic (exact) mass is 331 g/mol. The molecule has 1 aromatic heterocycles. The molecule has 0 unspecified atom stereocenters. The van der Waals surface area contributed by atoms with Crippen LogP contribution in [0.1, 0.15) is 18.1 Å². The molecule has 0 amide bonds. The van der Waals surface area contributed by atoms with Crippen LogP contribution in [-0.4, -0.2) is 11.5 Å². The summed E-state index contributed by atoms with van der Waals surface area (Å²) in [4.78, 5) is 4.03. The second-order valence-electron chi connectivity index (χ2n) is 4.16. The molecule has 2 aromatic rings. The van der Waals surface area contributed by atoms with Gasteiger partial charge in [-0.15, -0.1) is 0 Å². The van der Waals surface area contributed by atoms with Gasteiger partial charge >= 0.3 is 0 Å². The molecular weight excluding hydrogens is 318 g/mol. The average Bonchev–Trinajstić information content (AvgIpc) is 2.46. The Balaban J connectivity index is 2.22. The first-order valence-electron chi connectivity index (χ1n) is 6.25. The van der Waals surface area contributed by atoms with Crippen LogP contribution in [0.3, 0.4) is 0 Å². The Morgan fingerprint density at radius 1 is 1.35 bits per heavy atom. The summed E-state index contributed by atoms with van der Waals surface area (Å²) in [5.74, 6) is 1.13. The maximum Gasteiger partial charge on any atom is 0.146 e. The molecule has 0 saturated heterocycles. The summed E-state index contributed by atoms with van der Waals surface area (Å²) in [6.45, 7) is 3.68. The van der Waals surface area contributed by atoms with Crippen LogP contribution in [0.4, 0.5) is 0 Å².